The van der Waals surface area contributed by atoms with Crippen LogP contribution in [0.2, 0.25) is 10.0 Å². The molecule has 1 saturated heterocycles. The zero-order valence-corrected chi connectivity index (χ0v) is 14.9. The summed E-state index contributed by atoms with van der Waals surface area (Å²) in [6.45, 7) is 2.08. The van der Waals surface area contributed by atoms with Crippen molar-refractivity contribution in [3.05, 3.63) is 63.9 Å². The molecule has 132 valence electrons. The van der Waals surface area contributed by atoms with Crippen LogP contribution in [0.25, 0.3) is 0 Å². The van der Waals surface area contributed by atoms with Gasteiger partial charge >= 0.3 is 0 Å². The Morgan fingerprint density at radius 3 is 2.56 bits per heavy atom. The Morgan fingerprint density at radius 2 is 1.88 bits per heavy atom. The maximum Gasteiger partial charge on any atom is 0.246 e. The minimum atomic E-state index is -0.767. The predicted octanol–water partition coefficient (Wildman–Crippen LogP) is 4.14. The van der Waals surface area contributed by atoms with Gasteiger partial charge in [0.1, 0.15) is 11.9 Å². The van der Waals surface area contributed by atoms with E-state index in [1.165, 1.54) is 6.07 Å². The second-order valence-electron chi connectivity index (χ2n) is 5.69. The molecule has 1 fully saturated rings. The Labute approximate surface area is 155 Å². The highest BCUT2D eigenvalue weighted by molar-refractivity contribution is 6.36. The van der Waals surface area contributed by atoms with Crippen molar-refractivity contribution in [2.75, 3.05) is 31.6 Å². The number of carbonyl (C=O) groups is 1. The second kappa shape index (κ2) is 8.15. The summed E-state index contributed by atoms with van der Waals surface area (Å²) in [4.78, 5) is 14.9. The van der Waals surface area contributed by atoms with Crippen LogP contribution in [0.1, 0.15) is 11.6 Å². The lowest BCUT2D eigenvalue weighted by Gasteiger charge is -2.34. The summed E-state index contributed by atoms with van der Waals surface area (Å²) in [6, 6.07) is 10.3. The summed E-state index contributed by atoms with van der Waals surface area (Å²) in [7, 11) is 0. The average molecular weight is 383 g/mol. The number of nitrogens with zero attached hydrogens (tertiary/aromatic N) is 1. The molecule has 25 heavy (non-hydrogen) atoms. The van der Waals surface area contributed by atoms with Crippen molar-refractivity contribution < 1.29 is 13.9 Å². The number of halogens is 3. The number of anilines is 1. The van der Waals surface area contributed by atoms with Crippen molar-refractivity contribution in [2.24, 2.45) is 0 Å². The van der Waals surface area contributed by atoms with Gasteiger partial charge in [-0.25, -0.2) is 4.39 Å². The third-order valence-electron chi connectivity index (χ3n) is 4.05. The zero-order chi connectivity index (χ0) is 17.8. The molecule has 2 aromatic rings. The van der Waals surface area contributed by atoms with E-state index in [9.17, 15) is 9.18 Å². The van der Waals surface area contributed by atoms with Gasteiger partial charge in [-0.3, -0.25) is 9.69 Å². The molecule has 1 amide bonds. The van der Waals surface area contributed by atoms with E-state index in [4.69, 9.17) is 27.9 Å². The van der Waals surface area contributed by atoms with E-state index in [1.54, 1.807) is 36.4 Å². The number of ether oxygens (including phenoxy) is 1. The van der Waals surface area contributed by atoms with Crippen molar-refractivity contribution in [1.82, 2.24) is 4.90 Å². The minimum Gasteiger partial charge on any atom is -0.379 e. The summed E-state index contributed by atoms with van der Waals surface area (Å²) in [6.07, 6.45) is 0. The fourth-order valence-electron chi connectivity index (χ4n) is 2.83. The number of hydrogen-bond acceptors (Lipinski definition) is 3. The van der Waals surface area contributed by atoms with Gasteiger partial charge in [0.25, 0.3) is 0 Å². The van der Waals surface area contributed by atoms with E-state index in [1.807, 2.05) is 4.90 Å². The fraction of sp³-hybridized carbons (Fsp3) is 0.278. The van der Waals surface area contributed by atoms with Crippen LogP contribution in [-0.4, -0.2) is 37.1 Å². The van der Waals surface area contributed by atoms with Gasteiger partial charge in [0.15, 0.2) is 0 Å². The summed E-state index contributed by atoms with van der Waals surface area (Å²) in [5.41, 5.74) is 0.762. The first-order chi connectivity index (χ1) is 12.1. The van der Waals surface area contributed by atoms with E-state index in [-0.39, 0.29) is 5.91 Å². The monoisotopic (exact) mass is 382 g/mol. The maximum absolute atomic E-state index is 14.3. The van der Waals surface area contributed by atoms with Crippen molar-refractivity contribution in [2.45, 2.75) is 6.04 Å². The van der Waals surface area contributed by atoms with Gasteiger partial charge in [0.05, 0.1) is 23.9 Å². The smallest absolute Gasteiger partial charge is 0.246 e. The van der Waals surface area contributed by atoms with Crippen LogP contribution < -0.4 is 5.32 Å². The number of rotatable bonds is 4. The van der Waals surface area contributed by atoms with Crippen molar-refractivity contribution in [3.63, 3.8) is 0 Å². The molecule has 0 saturated carbocycles. The SMILES string of the molecule is O=C(Nc1ccc(Cl)cc1Cl)C(c1ccccc1F)N1CCOCC1. The van der Waals surface area contributed by atoms with Gasteiger partial charge in [-0.15, -0.1) is 0 Å². The lowest BCUT2D eigenvalue weighted by Crippen LogP contribution is -2.44. The van der Waals surface area contributed by atoms with Gasteiger partial charge in [0.2, 0.25) is 5.91 Å². The van der Waals surface area contributed by atoms with Gasteiger partial charge in [0, 0.05) is 23.7 Å². The third kappa shape index (κ3) is 4.30. The largest absolute Gasteiger partial charge is 0.379 e. The first-order valence-corrected chi connectivity index (χ1v) is 8.64. The Balaban J connectivity index is 1.90. The molecule has 1 aliphatic rings. The van der Waals surface area contributed by atoms with Crippen LogP contribution in [0.15, 0.2) is 42.5 Å². The molecule has 1 aliphatic heterocycles. The van der Waals surface area contributed by atoms with E-state index < -0.39 is 11.9 Å². The Morgan fingerprint density at radius 1 is 1.16 bits per heavy atom. The Kier molecular flexibility index (Phi) is 5.91. The average Bonchev–Trinajstić information content (AvgIpc) is 2.60. The normalized spacial score (nSPS) is 16.4. The highest BCUT2D eigenvalue weighted by Gasteiger charge is 2.31. The van der Waals surface area contributed by atoms with Crippen LogP contribution in [0.4, 0.5) is 10.1 Å². The van der Waals surface area contributed by atoms with Crippen LogP contribution >= 0.6 is 23.2 Å². The molecule has 1 heterocycles. The lowest BCUT2D eigenvalue weighted by molar-refractivity contribution is -0.123. The number of morpholine rings is 1. The molecule has 1 N–H and O–H groups in total. The summed E-state index contributed by atoms with van der Waals surface area (Å²) >= 11 is 12.0. The zero-order valence-electron chi connectivity index (χ0n) is 13.3. The van der Waals surface area contributed by atoms with Gasteiger partial charge in [-0.2, -0.15) is 0 Å². The molecular weight excluding hydrogens is 366 g/mol. The van der Waals surface area contributed by atoms with Crippen molar-refractivity contribution >= 4 is 34.8 Å². The predicted molar refractivity (Wildman–Crippen MR) is 96.6 cm³/mol. The van der Waals surface area contributed by atoms with Gasteiger partial charge < -0.3 is 10.1 Å². The van der Waals surface area contributed by atoms with E-state index >= 15 is 0 Å². The van der Waals surface area contributed by atoms with Crippen LogP contribution in [0, 0.1) is 5.82 Å². The second-order valence-corrected chi connectivity index (χ2v) is 6.53. The maximum atomic E-state index is 14.3. The number of benzene rings is 2. The van der Waals surface area contributed by atoms with Gasteiger partial charge in [-0.1, -0.05) is 41.4 Å². The van der Waals surface area contributed by atoms with E-state index in [2.05, 4.69) is 5.32 Å². The molecule has 0 aromatic heterocycles. The summed E-state index contributed by atoms with van der Waals surface area (Å²) in [5, 5.41) is 3.58. The van der Waals surface area contributed by atoms with Crippen molar-refractivity contribution in [1.29, 1.82) is 0 Å². The number of hydrogen-bond donors (Lipinski definition) is 1. The number of nitrogens with one attached hydrogen (secondary N) is 1. The van der Waals surface area contributed by atoms with Crippen molar-refractivity contribution in [3.8, 4) is 0 Å². The van der Waals surface area contributed by atoms with E-state index in [0.717, 1.165) is 0 Å². The van der Waals surface area contributed by atoms with E-state index in [0.29, 0.717) is 47.6 Å². The van der Waals surface area contributed by atoms with Gasteiger partial charge in [-0.05, 0) is 24.3 Å². The van der Waals surface area contributed by atoms with Crippen LogP contribution in [-0.2, 0) is 9.53 Å². The molecule has 1 atom stereocenters. The highest BCUT2D eigenvalue weighted by atomic mass is 35.5. The molecule has 1 unspecified atom stereocenters. The third-order valence-corrected chi connectivity index (χ3v) is 4.60. The Hall–Kier alpha value is -1.66. The number of carbonyl (C=O) groups excluding carboxylic acids is 1. The van der Waals surface area contributed by atoms with Crippen LogP contribution in [0.3, 0.4) is 0 Å². The molecule has 7 heteroatoms. The number of amides is 1. The molecule has 3 rings (SSSR count). The molecular formula is C18H17Cl2FN2O2. The minimum absolute atomic E-state index is 0.326. The summed E-state index contributed by atoms with van der Waals surface area (Å²) < 4.78 is 19.7. The topological polar surface area (TPSA) is 41.6 Å². The fourth-order valence-corrected chi connectivity index (χ4v) is 3.28. The quantitative estimate of drug-likeness (QED) is 0.863. The Bertz CT molecular complexity index is 766. The molecule has 0 radical (unpaired) electrons. The first kappa shape index (κ1) is 18.1. The molecule has 4 nitrogen and oxygen atoms in total. The molecule has 2 aromatic carbocycles. The highest BCUT2D eigenvalue weighted by Crippen LogP contribution is 2.29. The first-order valence-electron chi connectivity index (χ1n) is 7.88. The lowest BCUT2D eigenvalue weighted by atomic mass is 10.0. The molecule has 0 spiro atoms. The molecule has 0 bridgehead atoms. The molecule has 0 aliphatic carbocycles. The standard InChI is InChI=1S/C18H17Cl2FN2O2/c19-12-5-6-16(14(20)11-12)22-18(24)17(23-7-9-25-10-8-23)13-3-1-2-4-15(13)21/h1-6,11,17H,7-10H2,(H,22,24). The van der Waals surface area contributed by atoms with Crippen LogP contribution in [0.5, 0.6) is 0 Å². The summed E-state index contributed by atoms with van der Waals surface area (Å²) in [5.74, 6) is -0.771.